The molecule has 7 heteroatoms. The van der Waals surface area contributed by atoms with Gasteiger partial charge in [0.25, 0.3) is 5.91 Å². The summed E-state index contributed by atoms with van der Waals surface area (Å²) < 4.78 is 7.28. The van der Waals surface area contributed by atoms with Crippen molar-refractivity contribution in [2.24, 2.45) is 0 Å². The summed E-state index contributed by atoms with van der Waals surface area (Å²) in [5.41, 5.74) is 1.40. The van der Waals surface area contributed by atoms with Gasteiger partial charge >= 0.3 is 0 Å². The molecule has 1 unspecified atom stereocenters. The Morgan fingerprint density at radius 3 is 2.27 bits per heavy atom. The average molecular weight is 403 g/mol. The number of benzene rings is 2. The lowest BCUT2D eigenvalue weighted by Gasteiger charge is -2.47. The lowest BCUT2D eigenvalue weighted by molar-refractivity contribution is -0.0322. The molecule has 152 valence electrons. The second-order valence-corrected chi connectivity index (χ2v) is 7.58. The molecule has 30 heavy (non-hydrogen) atoms. The van der Waals surface area contributed by atoms with E-state index in [0.717, 1.165) is 17.3 Å². The molecule has 2 aliphatic rings. The third kappa shape index (κ3) is 2.90. The van der Waals surface area contributed by atoms with Crippen molar-refractivity contribution >= 4 is 5.91 Å². The lowest BCUT2D eigenvalue weighted by Crippen LogP contribution is -2.58. The third-order valence-electron chi connectivity index (χ3n) is 5.95. The Bertz CT molecular complexity index is 1090. The van der Waals surface area contributed by atoms with Crippen LogP contribution in [0.15, 0.2) is 71.7 Å². The summed E-state index contributed by atoms with van der Waals surface area (Å²) in [5, 5.41) is 14.8. The minimum absolute atomic E-state index is 0.0532. The molecule has 1 aromatic heterocycles. The van der Waals surface area contributed by atoms with Gasteiger partial charge in [-0.2, -0.15) is 5.10 Å². The van der Waals surface area contributed by atoms with Gasteiger partial charge in [-0.1, -0.05) is 60.7 Å². The van der Waals surface area contributed by atoms with E-state index in [0.29, 0.717) is 19.8 Å². The molecule has 1 saturated heterocycles. The molecule has 1 fully saturated rings. The second-order valence-electron chi connectivity index (χ2n) is 7.58. The zero-order valence-corrected chi connectivity index (χ0v) is 16.2. The summed E-state index contributed by atoms with van der Waals surface area (Å²) in [6, 6.07) is 19.4. The molecule has 1 N–H and O–H groups in total. The van der Waals surface area contributed by atoms with Gasteiger partial charge < -0.3 is 14.7 Å². The molecular weight excluding hydrogens is 382 g/mol. The van der Waals surface area contributed by atoms with Crippen molar-refractivity contribution < 1.29 is 14.6 Å². The summed E-state index contributed by atoms with van der Waals surface area (Å²) in [7, 11) is 0. The number of carbonyl (C=O) groups is 1. The van der Waals surface area contributed by atoms with Crippen molar-refractivity contribution in [3.63, 3.8) is 0 Å². The van der Waals surface area contributed by atoms with Gasteiger partial charge in [0.1, 0.15) is 0 Å². The highest BCUT2D eigenvalue weighted by Gasteiger charge is 2.47. The van der Waals surface area contributed by atoms with Crippen molar-refractivity contribution in [1.29, 1.82) is 0 Å². The molecule has 3 heterocycles. The predicted octanol–water partition coefficient (Wildman–Crippen LogP) is 2.18. The van der Waals surface area contributed by atoms with Crippen molar-refractivity contribution in [1.82, 2.24) is 14.7 Å². The van der Waals surface area contributed by atoms with Crippen molar-refractivity contribution in [3.05, 3.63) is 93.9 Å². The van der Waals surface area contributed by atoms with E-state index in [9.17, 15) is 14.7 Å². The van der Waals surface area contributed by atoms with Gasteiger partial charge in [0, 0.05) is 12.5 Å². The van der Waals surface area contributed by atoms with E-state index in [1.807, 2.05) is 60.7 Å². The number of amides is 1. The van der Waals surface area contributed by atoms with Crippen LogP contribution in [0.5, 0.6) is 5.75 Å². The Balaban J connectivity index is 1.77. The SMILES string of the molecule is O=C1c2c(O)c(=O)cnn2C(C(c2ccccc2)c2ccccc2)[C@H]2COCCN12. The molecule has 1 amide bonds. The third-order valence-corrected chi connectivity index (χ3v) is 5.95. The maximum absolute atomic E-state index is 13.2. The predicted molar refractivity (Wildman–Crippen MR) is 110 cm³/mol. The second kappa shape index (κ2) is 7.42. The van der Waals surface area contributed by atoms with Crippen LogP contribution in [-0.4, -0.2) is 51.5 Å². The highest BCUT2D eigenvalue weighted by molar-refractivity contribution is 5.96. The largest absolute Gasteiger partial charge is 0.502 e. The first-order valence-corrected chi connectivity index (χ1v) is 9.96. The van der Waals surface area contributed by atoms with E-state index < -0.39 is 11.2 Å². The molecule has 3 aromatic rings. The van der Waals surface area contributed by atoms with Crippen LogP contribution in [0.25, 0.3) is 0 Å². The van der Waals surface area contributed by atoms with E-state index >= 15 is 0 Å². The van der Waals surface area contributed by atoms with Crippen LogP contribution in [0.4, 0.5) is 0 Å². The number of ether oxygens (including phenoxy) is 1. The normalized spacial score (nSPS) is 20.7. The maximum Gasteiger partial charge on any atom is 0.276 e. The number of aromatic nitrogens is 2. The lowest BCUT2D eigenvalue weighted by atomic mass is 9.80. The zero-order valence-electron chi connectivity index (χ0n) is 16.2. The first-order valence-electron chi connectivity index (χ1n) is 9.96. The van der Waals surface area contributed by atoms with E-state index in [-0.39, 0.29) is 29.6 Å². The highest BCUT2D eigenvalue weighted by atomic mass is 16.5. The number of fused-ring (bicyclic) bond motifs is 2. The Kier molecular flexibility index (Phi) is 4.59. The highest BCUT2D eigenvalue weighted by Crippen LogP contribution is 2.43. The maximum atomic E-state index is 13.2. The fourth-order valence-electron chi connectivity index (χ4n) is 4.61. The quantitative estimate of drug-likeness (QED) is 0.725. The van der Waals surface area contributed by atoms with E-state index in [1.165, 1.54) is 4.68 Å². The zero-order chi connectivity index (χ0) is 20.7. The standard InChI is InChI=1S/C23H21N3O4/c27-18-13-24-26-20(17-14-30-12-11-25(17)23(29)21(26)22(18)28)19(15-7-3-1-4-8-15)16-9-5-2-6-10-16/h1-10,13,17,19-20,28H,11-12,14H2/t17-,20?/m1/s1. The molecule has 2 aromatic carbocycles. The average Bonchev–Trinajstić information content (AvgIpc) is 2.80. The Morgan fingerprint density at radius 1 is 1.00 bits per heavy atom. The molecule has 0 radical (unpaired) electrons. The van der Waals surface area contributed by atoms with E-state index in [1.54, 1.807) is 4.90 Å². The topological polar surface area (TPSA) is 84.7 Å². The smallest absolute Gasteiger partial charge is 0.276 e. The number of rotatable bonds is 3. The summed E-state index contributed by atoms with van der Waals surface area (Å²) in [6.07, 6.45) is 1.07. The number of hydrogen-bond donors (Lipinski definition) is 1. The molecule has 0 bridgehead atoms. The molecule has 0 saturated carbocycles. The molecule has 5 rings (SSSR count). The molecule has 2 atom stereocenters. The molecule has 0 aliphatic carbocycles. The number of nitrogens with zero attached hydrogens (tertiary/aromatic N) is 3. The Hall–Kier alpha value is -3.45. The minimum Gasteiger partial charge on any atom is -0.502 e. The van der Waals surface area contributed by atoms with Gasteiger partial charge in [-0.3, -0.25) is 9.59 Å². The first-order chi connectivity index (χ1) is 14.7. The molecule has 7 nitrogen and oxygen atoms in total. The van der Waals surface area contributed by atoms with E-state index in [4.69, 9.17) is 4.74 Å². The van der Waals surface area contributed by atoms with Crippen molar-refractivity contribution in [2.75, 3.05) is 19.8 Å². The summed E-state index contributed by atoms with van der Waals surface area (Å²) >= 11 is 0. The number of carbonyl (C=O) groups excluding carboxylic acids is 1. The Morgan fingerprint density at radius 2 is 1.63 bits per heavy atom. The van der Waals surface area contributed by atoms with Crippen LogP contribution in [0.1, 0.15) is 33.6 Å². The minimum atomic E-state index is -0.656. The molecule has 2 aliphatic heterocycles. The molecular formula is C23H21N3O4. The van der Waals surface area contributed by atoms with Gasteiger partial charge in [0.15, 0.2) is 11.4 Å². The fraction of sp³-hybridized carbons (Fsp3) is 0.261. The van der Waals surface area contributed by atoms with Crippen LogP contribution in [0, 0.1) is 0 Å². The van der Waals surface area contributed by atoms with Crippen LogP contribution in [0.3, 0.4) is 0 Å². The monoisotopic (exact) mass is 403 g/mol. The van der Waals surface area contributed by atoms with Gasteiger partial charge in [-0.15, -0.1) is 0 Å². The number of morpholine rings is 1. The van der Waals surface area contributed by atoms with Gasteiger partial charge in [-0.25, -0.2) is 4.68 Å². The van der Waals surface area contributed by atoms with Crippen LogP contribution >= 0.6 is 0 Å². The molecule has 0 spiro atoms. The van der Waals surface area contributed by atoms with Crippen LogP contribution in [0.2, 0.25) is 0 Å². The number of hydrogen-bond acceptors (Lipinski definition) is 5. The Labute approximate surface area is 173 Å². The summed E-state index contributed by atoms with van der Waals surface area (Å²) in [5.74, 6) is -1.10. The fourth-order valence-corrected chi connectivity index (χ4v) is 4.61. The summed E-state index contributed by atoms with van der Waals surface area (Å²) in [6.45, 7) is 1.18. The van der Waals surface area contributed by atoms with Crippen LogP contribution < -0.4 is 5.43 Å². The number of aromatic hydroxyl groups is 1. The first kappa shape index (κ1) is 18.6. The van der Waals surface area contributed by atoms with Gasteiger partial charge in [0.05, 0.1) is 31.5 Å². The van der Waals surface area contributed by atoms with E-state index in [2.05, 4.69) is 5.10 Å². The van der Waals surface area contributed by atoms with Crippen LogP contribution in [-0.2, 0) is 4.74 Å². The van der Waals surface area contributed by atoms with Gasteiger partial charge in [-0.05, 0) is 11.1 Å². The van der Waals surface area contributed by atoms with Gasteiger partial charge in [0.2, 0.25) is 5.43 Å². The van der Waals surface area contributed by atoms with Crippen molar-refractivity contribution in [3.8, 4) is 5.75 Å². The van der Waals surface area contributed by atoms with Crippen molar-refractivity contribution in [2.45, 2.75) is 18.0 Å². The summed E-state index contributed by atoms with van der Waals surface area (Å²) in [4.78, 5) is 27.0.